The maximum atomic E-state index is 4.56. The van der Waals surface area contributed by atoms with Crippen LogP contribution in [-0.4, -0.2) is 46.1 Å². The number of aromatic nitrogens is 4. The van der Waals surface area contributed by atoms with Gasteiger partial charge in [-0.2, -0.15) is 0 Å². The zero-order chi connectivity index (χ0) is 16.7. The highest BCUT2D eigenvalue weighted by molar-refractivity contribution is 5.85. The van der Waals surface area contributed by atoms with Crippen LogP contribution in [0.2, 0.25) is 0 Å². The Bertz CT molecular complexity index is 886. The number of nitrogens with zero attached hydrogens (tertiary/aromatic N) is 4. The highest BCUT2D eigenvalue weighted by Gasteiger charge is 2.49. The average Bonchev–Trinajstić information content (AvgIpc) is 3.34. The number of benzene rings is 1. The molecule has 0 saturated carbocycles. The number of imidazole rings is 1. The SMILES string of the molecule is Cl.Cl.c1ccc(CCC23CNCC2CN(c2ncnc4nc[nH]c24)C3)cc1. The van der Waals surface area contributed by atoms with Crippen molar-refractivity contribution in [2.24, 2.45) is 11.3 Å². The van der Waals surface area contributed by atoms with E-state index >= 15 is 0 Å². The standard InChI is InChI=1S/C19H22N6.2ClH/c1-2-4-14(5-3-1)6-7-19-10-20-8-15(19)9-25(11-19)18-16-17(22-12-21-16)23-13-24-18;;/h1-5,12-13,15,20H,6-11H2,(H,21,22,23,24);2*1H. The summed E-state index contributed by atoms with van der Waals surface area (Å²) in [6.45, 7) is 4.29. The predicted molar refractivity (Wildman–Crippen MR) is 112 cm³/mol. The van der Waals surface area contributed by atoms with Crippen LogP contribution in [0.1, 0.15) is 12.0 Å². The second kappa shape index (κ2) is 8.00. The van der Waals surface area contributed by atoms with Crippen molar-refractivity contribution in [2.75, 3.05) is 31.1 Å². The Morgan fingerprint density at radius 1 is 1.11 bits per heavy atom. The van der Waals surface area contributed by atoms with E-state index in [-0.39, 0.29) is 24.8 Å². The van der Waals surface area contributed by atoms with Gasteiger partial charge in [0.2, 0.25) is 0 Å². The number of nitrogens with one attached hydrogen (secondary N) is 2. The zero-order valence-electron chi connectivity index (χ0n) is 15.0. The minimum atomic E-state index is 0. The minimum Gasteiger partial charge on any atom is -0.354 e. The molecular weight excluding hydrogens is 383 g/mol. The molecule has 2 fully saturated rings. The van der Waals surface area contributed by atoms with Crippen LogP contribution < -0.4 is 10.2 Å². The number of aromatic amines is 1. The number of H-pyrrole nitrogens is 1. The predicted octanol–water partition coefficient (Wildman–Crippen LogP) is 2.86. The van der Waals surface area contributed by atoms with Gasteiger partial charge in [-0.15, -0.1) is 24.8 Å². The Kier molecular flexibility index (Phi) is 5.89. The van der Waals surface area contributed by atoms with Crippen molar-refractivity contribution >= 4 is 41.8 Å². The first-order valence-corrected chi connectivity index (χ1v) is 8.98. The number of fused-ring (bicyclic) bond motifs is 2. The Balaban J connectivity index is 0.00000105. The molecule has 0 bridgehead atoms. The third-order valence-corrected chi connectivity index (χ3v) is 5.94. The van der Waals surface area contributed by atoms with Crippen molar-refractivity contribution < 1.29 is 0 Å². The highest BCUT2D eigenvalue weighted by atomic mass is 35.5. The fourth-order valence-corrected chi connectivity index (χ4v) is 4.57. The summed E-state index contributed by atoms with van der Waals surface area (Å²) in [5, 5.41) is 3.63. The molecule has 5 rings (SSSR count). The molecule has 4 heterocycles. The molecule has 2 saturated heterocycles. The lowest BCUT2D eigenvalue weighted by Crippen LogP contribution is -2.33. The third kappa shape index (κ3) is 3.49. The third-order valence-electron chi connectivity index (χ3n) is 5.94. The van der Waals surface area contributed by atoms with Gasteiger partial charge in [-0.3, -0.25) is 0 Å². The molecule has 2 N–H and O–H groups in total. The first kappa shape index (κ1) is 19.9. The van der Waals surface area contributed by atoms with E-state index in [1.54, 1.807) is 12.7 Å². The molecule has 0 amide bonds. The van der Waals surface area contributed by atoms with Gasteiger partial charge in [-0.05, 0) is 24.3 Å². The van der Waals surface area contributed by atoms with Crippen molar-refractivity contribution in [1.82, 2.24) is 25.3 Å². The van der Waals surface area contributed by atoms with E-state index in [0.29, 0.717) is 11.3 Å². The second-order valence-corrected chi connectivity index (χ2v) is 7.35. The van der Waals surface area contributed by atoms with Crippen LogP contribution in [0.25, 0.3) is 11.2 Å². The van der Waals surface area contributed by atoms with E-state index in [2.05, 4.69) is 60.5 Å². The van der Waals surface area contributed by atoms with Crippen molar-refractivity contribution in [2.45, 2.75) is 12.8 Å². The summed E-state index contributed by atoms with van der Waals surface area (Å²) >= 11 is 0. The molecule has 2 aromatic heterocycles. The lowest BCUT2D eigenvalue weighted by atomic mass is 9.76. The Morgan fingerprint density at radius 3 is 2.81 bits per heavy atom. The van der Waals surface area contributed by atoms with Gasteiger partial charge in [0.05, 0.1) is 6.33 Å². The summed E-state index contributed by atoms with van der Waals surface area (Å²) in [7, 11) is 0. The molecule has 2 aliphatic heterocycles. The van der Waals surface area contributed by atoms with Crippen molar-refractivity contribution in [1.29, 1.82) is 0 Å². The van der Waals surface area contributed by atoms with E-state index < -0.39 is 0 Å². The average molecular weight is 407 g/mol. The maximum absolute atomic E-state index is 4.56. The number of anilines is 1. The molecule has 2 aliphatic rings. The minimum absolute atomic E-state index is 0. The van der Waals surface area contributed by atoms with Gasteiger partial charge in [0, 0.05) is 31.6 Å². The van der Waals surface area contributed by atoms with Crippen molar-refractivity contribution in [3.8, 4) is 0 Å². The Hall–Kier alpha value is -1.89. The van der Waals surface area contributed by atoms with Gasteiger partial charge in [0.1, 0.15) is 11.8 Å². The van der Waals surface area contributed by atoms with Crippen molar-refractivity contribution in [3.63, 3.8) is 0 Å². The van der Waals surface area contributed by atoms with Crippen LogP contribution in [0, 0.1) is 11.3 Å². The Morgan fingerprint density at radius 2 is 1.96 bits per heavy atom. The lowest BCUT2D eigenvalue weighted by molar-refractivity contribution is 0.275. The van der Waals surface area contributed by atoms with E-state index in [0.717, 1.165) is 49.6 Å². The van der Waals surface area contributed by atoms with E-state index in [4.69, 9.17) is 0 Å². The van der Waals surface area contributed by atoms with E-state index in [9.17, 15) is 0 Å². The summed E-state index contributed by atoms with van der Waals surface area (Å²) in [5.41, 5.74) is 3.46. The summed E-state index contributed by atoms with van der Waals surface area (Å²) in [6, 6.07) is 10.8. The van der Waals surface area contributed by atoms with Crippen LogP contribution >= 0.6 is 24.8 Å². The second-order valence-electron chi connectivity index (χ2n) is 7.35. The summed E-state index contributed by atoms with van der Waals surface area (Å²) in [5.74, 6) is 1.67. The van der Waals surface area contributed by atoms with Gasteiger partial charge in [0.15, 0.2) is 11.5 Å². The fraction of sp³-hybridized carbons (Fsp3) is 0.421. The van der Waals surface area contributed by atoms with Gasteiger partial charge >= 0.3 is 0 Å². The Labute approximate surface area is 171 Å². The molecule has 2 unspecified atom stereocenters. The molecule has 0 radical (unpaired) electrons. The number of aryl methyl sites for hydroxylation is 1. The maximum Gasteiger partial charge on any atom is 0.182 e. The van der Waals surface area contributed by atoms with Crippen LogP contribution in [0.15, 0.2) is 43.0 Å². The highest BCUT2D eigenvalue weighted by Crippen LogP contribution is 2.44. The monoisotopic (exact) mass is 406 g/mol. The first-order valence-electron chi connectivity index (χ1n) is 8.98. The molecule has 144 valence electrons. The summed E-state index contributed by atoms with van der Waals surface area (Å²) in [4.78, 5) is 18.7. The molecule has 0 aliphatic carbocycles. The van der Waals surface area contributed by atoms with E-state index in [1.807, 2.05) is 0 Å². The number of rotatable bonds is 4. The number of hydrogen-bond donors (Lipinski definition) is 2. The first-order chi connectivity index (χ1) is 12.3. The van der Waals surface area contributed by atoms with Crippen molar-refractivity contribution in [3.05, 3.63) is 48.5 Å². The molecule has 27 heavy (non-hydrogen) atoms. The molecular formula is C19H24Cl2N6. The van der Waals surface area contributed by atoms with Gasteiger partial charge in [-0.1, -0.05) is 30.3 Å². The number of hydrogen-bond acceptors (Lipinski definition) is 5. The summed E-state index contributed by atoms with van der Waals surface area (Å²) < 4.78 is 0. The largest absolute Gasteiger partial charge is 0.354 e. The smallest absolute Gasteiger partial charge is 0.182 e. The molecule has 0 spiro atoms. The van der Waals surface area contributed by atoms with Gasteiger partial charge in [-0.25, -0.2) is 15.0 Å². The molecule has 3 aromatic rings. The molecule has 2 atom stereocenters. The molecule has 6 nitrogen and oxygen atoms in total. The van der Waals surface area contributed by atoms with Crippen LogP contribution in [0.3, 0.4) is 0 Å². The lowest BCUT2D eigenvalue weighted by Gasteiger charge is -2.28. The molecule has 1 aromatic carbocycles. The zero-order valence-corrected chi connectivity index (χ0v) is 16.6. The number of halogens is 2. The topological polar surface area (TPSA) is 69.7 Å². The van der Waals surface area contributed by atoms with Crippen LogP contribution in [0.4, 0.5) is 5.82 Å². The van der Waals surface area contributed by atoms with Gasteiger partial charge in [0.25, 0.3) is 0 Å². The van der Waals surface area contributed by atoms with Crippen LogP contribution in [-0.2, 0) is 6.42 Å². The van der Waals surface area contributed by atoms with Gasteiger partial charge < -0.3 is 15.2 Å². The normalized spacial score (nSPS) is 23.7. The quantitative estimate of drug-likeness (QED) is 0.696. The van der Waals surface area contributed by atoms with Crippen LogP contribution in [0.5, 0.6) is 0 Å². The molecule has 8 heteroatoms. The van der Waals surface area contributed by atoms with E-state index in [1.165, 1.54) is 12.0 Å². The summed E-state index contributed by atoms with van der Waals surface area (Å²) in [6.07, 6.45) is 5.67. The fourth-order valence-electron chi connectivity index (χ4n) is 4.57.